The van der Waals surface area contributed by atoms with E-state index in [1.165, 1.54) is 0 Å². The molecule has 102 valence electrons. The highest BCUT2D eigenvalue weighted by atomic mass is 32.2. The molecule has 2 aliphatic heterocycles. The molecule has 6 nitrogen and oxygen atoms in total. The predicted octanol–water partition coefficient (Wildman–Crippen LogP) is 0.377. The number of carboxylic acids is 1. The number of carbonyl (C=O) groups is 2. The van der Waals surface area contributed by atoms with Crippen LogP contribution in [0.1, 0.15) is 13.3 Å². The van der Waals surface area contributed by atoms with E-state index in [1.54, 1.807) is 4.90 Å². The zero-order chi connectivity index (χ0) is 13.2. The number of nitrogens with one attached hydrogen (secondary N) is 1. The van der Waals surface area contributed by atoms with Crippen molar-refractivity contribution in [2.45, 2.75) is 25.0 Å². The van der Waals surface area contributed by atoms with Crippen molar-refractivity contribution < 1.29 is 19.4 Å². The van der Waals surface area contributed by atoms with Gasteiger partial charge in [0.05, 0.1) is 13.1 Å². The maximum absolute atomic E-state index is 11.8. The predicted molar refractivity (Wildman–Crippen MR) is 67.8 cm³/mol. The number of likely N-dealkylation sites (tertiary alicyclic amines) is 1. The first-order chi connectivity index (χ1) is 8.48. The van der Waals surface area contributed by atoms with E-state index in [0.29, 0.717) is 13.1 Å². The molecule has 2 heterocycles. The number of hydrogen-bond acceptors (Lipinski definition) is 4. The van der Waals surface area contributed by atoms with E-state index in [0.717, 1.165) is 17.9 Å². The second kappa shape index (κ2) is 5.36. The molecule has 0 aromatic rings. The Balaban J connectivity index is 1.70. The van der Waals surface area contributed by atoms with Crippen LogP contribution in [0.3, 0.4) is 0 Å². The average Bonchev–Trinajstić information content (AvgIpc) is 2.75. The summed E-state index contributed by atoms with van der Waals surface area (Å²) in [6, 6.07) is 0.202. The summed E-state index contributed by atoms with van der Waals surface area (Å²) in [6.07, 6.45) is 1.02. The van der Waals surface area contributed by atoms with E-state index in [9.17, 15) is 9.59 Å². The van der Waals surface area contributed by atoms with Crippen LogP contribution in [0.25, 0.3) is 0 Å². The van der Waals surface area contributed by atoms with Crippen molar-refractivity contribution in [2.75, 3.05) is 31.2 Å². The van der Waals surface area contributed by atoms with Crippen LogP contribution in [0.2, 0.25) is 0 Å². The Morgan fingerprint density at radius 1 is 1.56 bits per heavy atom. The van der Waals surface area contributed by atoms with Gasteiger partial charge < -0.3 is 20.1 Å². The van der Waals surface area contributed by atoms with Crippen LogP contribution in [-0.4, -0.2) is 64.9 Å². The largest absolute Gasteiger partial charge is 0.480 e. The Labute approximate surface area is 110 Å². The van der Waals surface area contributed by atoms with Crippen LogP contribution in [0, 0.1) is 0 Å². The molecule has 0 saturated carbocycles. The fourth-order valence-electron chi connectivity index (χ4n) is 2.15. The lowest BCUT2D eigenvalue weighted by Crippen LogP contribution is -2.65. The summed E-state index contributed by atoms with van der Waals surface area (Å²) in [4.78, 5) is 23.9. The van der Waals surface area contributed by atoms with Gasteiger partial charge in [0.15, 0.2) is 0 Å². The van der Waals surface area contributed by atoms with Crippen LogP contribution in [-0.2, 0) is 9.53 Å². The van der Waals surface area contributed by atoms with Crippen molar-refractivity contribution in [3.8, 4) is 0 Å². The summed E-state index contributed by atoms with van der Waals surface area (Å²) < 4.78 is 5.25. The molecule has 18 heavy (non-hydrogen) atoms. The first kappa shape index (κ1) is 13.5. The van der Waals surface area contributed by atoms with E-state index in [2.05, 4.69) is 5.32 Å². The monoisotopic (exact) mass is 274 g/mol. The van der Waals surface area contributed by atoms with Gasteiger partial charge in [0.1, 0.15) is 12.2 Å². The molecule has 0 aliphatic carbocycles. The highest BCUT2D eigenvalue weighted by Gasteiger charge is 2.43. The van der Waals surface area contributed by atoms with Gasteiger partial charge in [-0.1, -0.05) is 0 Å². The second-order valence-electron chi connectivity index (χ2n) is 5.00. The van der Waals surface area contributed by atoms with E-state index >= 15 is 0 Å². The van der Waals surface area contributed by atoms with Gasteiger partial charge in [-0.15, -0.1) is 0 Å². The number of amides is 2. The number of hydrogen-bond donors (Lipinski definition) is 2. The van der Waals surface area contributed by atoms with Crippen molar-refractivity contribution >= 4 is 23.8 Å². The van der Waals surface area contributed by atoms with Gasteiger partial charge in [0, 0.05) is 11.8 Å². The Kier molecular flexibility index (Phi) is 4.01. The minimum atomic E-state index is -0.984. The first-order valence-corrected chi connectivity index (χ1v) is 7.13. The topological polar surface area (TPSA) is 78.9 Å². The third-order valence-electron chi connectivity index (χ3n) is 3.14. The van der Waals surface area contributed by atoms with Crippen LogP contribution < -0.4 is 5.32 Å². The van der Waals surface area contributed by atoms with Gasteiger partial charge >= 0.3 is 12.0 Å². The van der Waals surface area contributed by atoms with Crippen LogP contribution in [0.5, 0.6) is 0 Å². The van der Waals surface area contributed by atoms with Gasteiger partial charge in [-0.2, -0.15) is 11.8 Å². The number of thioether (sulfide) groups is 1. The fraction of sp³-hybridized carbons (Fsp3) is 0.818. The minimum Gasteiger partial charge on any atom is -0.480 e. The number of ether oxygens (including phenoxy) is 1. The van der Waals surface area contributed by atoms with Gasteiger partial charge in [0.2, 0.25) is 0 Å². The van der Waals surface area contributed by atoms with Crippen molar-refractivity contribution in [2.24, 2.45) is 0 Å². The molecule has 1 unspecified atom stereocenters. The van der Waals surface area contributed by atoms with Gasteiger partial charge in [0.25, 0.3) is 0 Å². The molecule has 2 rings (SSSR count). The quantitative estimate of drug-likeness (QED) is 0.774. The summed E-state index contributed by atoms with van der Waals surface area (Å²) in [6.45, 7) is 2.41. The maximum Gasteiger partial charge on any atom is 0.329 e. The third-order valence-corrected chi connectivity index (χ3v) is 4.30. The van der Waals surface area contributed by atoms with Gasteiger partial charge in [-0.3, -0.25) is 0 Å². The molecular formula is C11H18N2O4S. The smallest absolute Gasteiger partial charge is 0.329 e. The standard InChI is InChI=1S/C11H18N2O4S/c1-11(17-4-9(14)15)6-13(7-11)10(16)12-8-2-3-18-5-8/h8H,2-7H2,1H3,(H,12,16)(H,14,15). The van der Waals surface area contributed by atoms with Crippen LogP contribution >= 0.6 is 11.8 Å². The van der Waals surface area contributed by atoms with Crippen molar-refractivity contribution in [1.82, 2.24) is 10.2 Å². The van der Waals surface area contributed by atoms with Crippen LogP contribution in [0.15, 0.2) is 0 Å². The normalized spacial score (nSPS) is 25.6. The summed E-state index contributed by atoms with van der Waals surface area (Å²) in [5.74, 6) is 1.10. The Bertz CT molecular complexity index is 338. The number of carbonyl (C=O) groups excluding carboxylic acids is 1. The molecule has 2 amide bonds. The lowest BCUT2D eigenvalue weighted by atomic mass is 9.97. The molecule has 2 saturated heterocycles. The summed E-state index contributed by atoms with van der Waals surface area (Å²) >= 11 is 1.85. The average molecular weight is 274 g/mol. The van der Waals surface area contributed by atoms with Gasteiger partial charge in [-0.05, 0) is 19.1 Å². The second-order valence-corrected chi connectivity index (χ2v) is 6.15. The number of rotatable bonds is 4. The summed E-state index contributed by atoms with van der Waals surface area (Å²) in [7, 11) is 0. The molecule has 2 fully saturated rings. The van der Waals surface area contributed by atoms with E-state index < -0.39 is 11.6 Å². The lowest BCUT2D eigenvalue weighted by molar-refractivity contribution is -0.159. The molecule has 1 atom stereocenters. The SMILES string of the molecule is CC1(OCC(=O)O)CN(C(=O)NC2CCSC2)C1. The summed E-state index contributed by atoms with van der Waals surface area (Å²) in [5, 5.41) is 11.5. The number of carboxylic acid groups (broad SMARTS) is 1. The zero-order valence-electron chi connectivity index (χ0n) is 10.3. The zero-order valence-corrected chi connectivity index (χ0v) is 11.2. The molecule has 0 aromatic carbocycles. The molecule has 0 spiro atoms. The minimum absolute atomic E-state index is 0.0705. The lowest BCUT2D eigenvalue weighted by Gasteiger charge is -2.47. The molecule has 0 radical (unpaired) electrons. The number of nitrogens with zero attached hydrogens (tertiary/aromatic N) is 1. The fourth-order valence-corrected chi connectivity index (χ4v) is 3.30. The Morgan fingerprint density at radius 2 is 2.28 bits per heavy atom. The maximum atomic E-state index is 11.8. The van der Waals surface area contributed by atoms with Crippen molar-refractivity contribution in [1.29, 1.82) is 0 Å². The molecule has 0 aromatic heterocycles. The summed E-state index contributed by atoms with van der Waals surface area (Å²) in [5.41, 5.74) is -0.514. The Hall–Kier alpha value is -0.950. The molecular weight excluding hydrogens is 256 g/mol. The number of urea groups is 1. The molecule has 2 N–H and O–H groups in total. The molecule has 2 aliphatic rings. The van der Waals surface area contributed by atoms with E-state index in [-0.39, 0.29) is 18.7 Å². The molecule has 0 bridgehead atoms. The molecule has 7 heteroatoms. The van der Waals surface area contributed by atoms with E-state index in [4.69, 9.17) is 9.84 Å². The highest BCUT2D eigenvalue weighted by molar-refractivity contribution is 7.99. The van der Waals surface area contributed by atoms with Crippen molar-refractivity contribution in [3.05, 3.63) is 0 Å². The Morgan fingerprint density at radius 3 is 2.83 bits per heavy atom. The van der Waals surface area contributed by atoms with Crippen molar-refractivity contribution in [3.63, 3.8) is 0 Å². The first-order valence-electron chi connectivity index (χ1n) is 5.97. The van der Waals surface area contributed by atoms with E-state index in [1.807, 2.05) is 18.7 Å². The van der Waals surface area contributed by atoms with Gasteiger partial charge in [-0.25, -0.2) is 9.59 Å². The van der Waals surface area contributed by atoms with Crippen LogP contribution in [0.4, 0.5) is 4.79 Å². The number of aliphatic carboxylic acids is 1. The highest BCUT2D eigenvalue weighted by Crippen LogP contribution is 2.25. The third kappa shape index (κ3) is 3.29.